The summed E-state index contributed by atoms with van der Waals surface area (Å²) < 4.78 is 0.118. The summed E-state index contributed by atoms with van der Waals surface area (Å²) >= 11 is 1.78. The second kappa shape index (κ2) is 5.92. The zero-order chi connectivity index (χ0) is 12.2. The van der Waals surface area contributed by atoms with Crippen LogP contribution in [0.15, 0.2) is 0 Å². The van der Waals surface area contributed by atoms with Crippen molar-refractivity contribution in [3.8, 4) is 0 Å². The molecule has 1 aliphatic rings. The van der Waals surface area contributed by atoms with Crippen LogP contribution in [0.5, 0.6) is 0 Å². The molecule has 0 radical (unpaired) electrons. The van der Waals surface area contributed by atoms with Crippen LogP contribution in [0.1, 0.15) is 33.1 Å². The Balaban J connectivity index is 2.40. The van der Waals surface area contributed by atoms with Crippen molar-refractivity contribution in [2.45, 2.75) is 37.9 Å². The monoisotopic (exact) mass is 244 g/mol. The largest absolute Gasteiger partial charge is 0.354 e. The Kier molecular flexibility index (Phi) is 5.12. The predicted octanol–water partition coefficient (Wildman–Crippen LogP) is 1.62. The number of hydrogen-bond donors (Lipinski definition) is 2. The van der Waals surface area contributed by atoms with Crippen LogP contribution in [0.25, 0.3) is 0 Å². The van der Waals surface area contributed by atoms with E-state index in [2.05, 4.69) is 25.4 Å². The lowest BCUT2D eigenvalue weighted by Gasteiger charge is -2.24. The molecule has 0 aliphatic heterocycles. The molecule has 94 valence electrons. The van der Waals surface area contributed by atoms with Gasteiger partial charge in [0.15, 0.2) is 0 Å². The first-order valence-corrected chi connectivity index (χ1v) is 7.25. The summed E-state index contributed by atoms with van der Waals surface area (Å²) in [5.41, 5.74) is 5.69. The first-order valence-electron chi connectivity index (χ1n) is 6.03. The molecule has 1 fully saturated rings. The molecule has 3 N–H and O–H groups in total. The maximum atomic E-state index is 12.0. The van der Waals surface area contributed by atoms with Gasteiger partial charge < -0.3 is 11.1 Å². The van der Waals surface area contributed by atoms with E-state index in [-0.39, 0.29) is 16.6 Å². The minimum atomic E-state index is 0.118. The van der Waals surface area contributed by atoms with E-state index in [1.165, 1.54) is 0 Å². The second-order valence-electron chi connectivity index (χ2n) is 5.21. The molecule has 0 heterocycles. The second-order valence-corrected chi connectivity index (χ2v) is 6.73. The van der Waals surface area contributed by atoms with Gasteiger partial charge in [-0.3, -0.25) is 4.79 Å². The predicted molar refractivity (Wildman–Crippen MR) is 70.5 cm³/mol. The van der Waals surface area contributed by atoms with Crippen LogP contribution in [0.4, 0.5) is 0 Å². The highest BCUT2D eigenvalue weighted by Crippen LogP contribution is 2.31. The van der Waals surface area contributed by atoms with Gasteiger partial charge in [0.2, 0.25) is 5.91 Å². The van der Waals surface area contributed by atoms with E-state index in [0.29, 0.717) is 12.5 Å². The third kappa shape index (κ3) is 3.67. The van der Waals surface area contributed by atoms with Crippen molar-refractivity contribution in [1.82, 2.24) is 5.32 Å². The fourth-order valence-electron chi connectivity index (χ4n) is 2.17. The van der Waals surface area contributed by atoms with Gasteiger partial charge in [0.05, 0.1) is 0 Å². The average Bonchev–Trinajstić information content (AvgIpc) is 2.74. The highest BCUT2D eigenvalue weighted by molar-refractivity contribution is 7.99. The Morgan fingerprint density at radius 3 is 2.75 bits per heavy atom. The molecule has 2 atom stereocenters. The highest BCUT2D eigenvalue weighted by Gasteiger charge is 2.32. The lowest BCUT2D eigenvalue weighted by Crippen LogP contribution is -2.41. The molecule has 1 amide bonds. The SMILES string of the molecule is CSC(C)(C)CNC(=O)[C@@H]1CCC[C@@H]1CN. The van der Waals surface area contributed by atoms with Crippen molar-refractivity contribution in [1.29, 1.82) is 0 Å². The van der Waals surface area contributed by atoms with Gasteiger partial charge in [-0.05, 0) is 45.4 Å². The fraction of sp³-hybridized carbons (Fsp3) is 0.917. The van der Waals surface area contributed by atoms with Gasteiger partial charge in [-0.15, -0.1) is 0 Å². The average molecular weight is 244 g/mol. The van der Waals surface area contributed by atoms with E-state index in [1.807, 2.05) is 0 Å². The molecule has 1 rings (SSSR count). The summed E-state index contributed by atoms with van der Waals surface area (Å²) in [7, 11) is 0. The Hall–Kier alpha value is -0.220. The van der Waals surface area contributed by atoms with E-state index in [1.54, 1.807) is 11.8 Å². The first-order chi connectivity index (χ1) is 7.50. The van der Waals surface area contributed by atoms with Crippen molar-refractivity contribution in [3.63, 3.8) is 0 Å². The molecule has 3 nitrogen and oxygen atoms in total. The summed E-state index contributed by atoms with van der Waals surface area (Å²) in [6.45, 7) is 5.67. The van der Waals surface area contributed by atoms with Gasteiger partial charge in [0.25, 0.3) is 0 Å². The van der Waals surface area contributed by atoms with Crippen LogP contribution in [0.3, 0.4) is 0 Å². The lowest BCUT2D eigenvalue weighted by molar-refractivity contribution is -0.126. The summed E-state index contributed by atoms with van der Waals surface area (Å²) in [4.78, 5) is 12.0. The minimum absolute atomic E-state index is 0.118. The molecule has 0 aromatic rings. The molecule has 4 heteroatoms. The molecular weight excluding hydrogens is 220 g/mol. The zero-order valence-electron chi connectivity index (χ0n) is 10.6. The molecule has 1 aliphatic carbocycles. The molecule has 16 heavy (non-hydrogen) atoms. The molecule has 0 spiro atoms. The van der Waals surface area contributed by atoms with E-state index < -0.39 is 0 Å². The molecular formula is C12H24N2OS. The number of nitrogens with two attached hydrogens (primary N) is 1. The Morgan fingerprint density at radius 1 is 1.50 bits per heavy atom. The molecule has 0 aromatic carbocycles. The van der Waals surface area contributed by atoms with Crippen LogP contribution in [-0.4, -0.2) is 30.0 Å². The summed E-state index contributed by atoms with van der Waals surface area (Å²) in [5.74, 6) is 0.759. The lowest BCUT2D eigenvalue weighted by atomic mass is 9.95. The van der Waals surface area contributed by atoms with Gasteiger partial charge in [-0.1, -0.05) is 6.42 Å². The van der Waals surface area contributed by atoms with E-state index in [9.17, 15) is 4.79 Å². The molecule has 1 saturated carbocycles. The molecule has 0 bridgehead atoms. The van der Waals surface area contributed by atoms with Gasteiger partial charge in [-0.25, -0.2) is 0 Å². The van der Waals surface area contributed by atoms with Crippen molar-refractivity contribution in [3.05, 3.63) is 0 Å². The summed E-state index contributed by atoms with van der Waals surface area (Å²) in [5, 5.41) is 3.06. The van der Waals surface area contributed by atoms with Crippen molar-refractivity contribution < 1.29 is 4.79 Å². The quantitative estimate of drug-likeness (QED) is 0.772. The topological polar surface area (TPSA) is 55.1 Å². The Bertz CT molecular complexity index is 243. The van der Waals surface area contributed by atoms with Crippen molar-refractivity contribution >= 4 is 17.7 Å². The van der Waals surface area contributed by atoms with E-state index in [0.717, 1.165) is 25.8 Å². The number of hydrogen-bond acceptors (Lipinski definition) is 3. The van der Waals surface area contributed by atoms with E-state index >= 15 is 0 Å². The molecule has 0 saturated heterocycles. The van der Waals surface area contributed by atoms with Gasteiger partial charge in [-0.2, -0.15) is 11.8 Å². The number of thioether (sulfide) groups is 1. The van der Waals surface area contributed by atoms with Gasteiger partial charge in [0.1, 0.15) is 0 Å². The first kappa shape index (κ1) is 13.8. The summed E-state index contributed by atoms with van der Waals surface area (Å²) in [6, 6.07) is 0. The number of carbonyl (C=O) groups excluding carboxylic acids is 1. The van der Waals surface area contributed by atoms with Crippen molar-refractivity contribution in [2.75, 3.05) is 19.3 Å². The van der Waals surface area contributed by atoms with Crippen LogP contribution in [0.2, 0.25) is 0 Å². The third-order valence-electron chi connectivity index (χ3n) is 3.54. The van der Waals surface area contributed by atoms with Gasteiger partial charge in [0, 0.05) is 17.2 Å². The Labute approximate surface area is 103 Å². The van der Waals surface area contributed by atoms with Gasteiger partial charge >= 0.3 is 0 Å². The molecule has 0 aromatic heterocycles. The van der Waals surface area contributed by atoms with Crippen LogP contribution >= 0.6 is 11.8 Å². The van der Waals surface area contributed by atoms with E-state index in [4.69, 9.17) is 5.73 Å². The number of rotatable bonds is 5. The smallest absolute Gasteiger partial charge is 0.223 e. The van der Waals surface area contributed by atoms with Crippen LogP contribution in [-0.2, 0) is 4.79 Å². The Morgan fingerprint density at radius 2 is 2.19 bits per heavy atom. The number of amides is 1. The van der Waals surface area contributed by atoms with Crippen molar-refractivity contribution in [2.24, 2.45) is 17.6 Å². The number of carbonyl (C=O) groups is 1. The van der Waals surface area contributed by atoms with Crippen LogP contribution in [0, 0.1) is 11.8 Å². The normalized spacial score (nSPS) is 25.8. The third-order valence-corrected chi connectivity index (χ3v) is 4.79. The number of nitrogens with one attached hydrogen (secondary N) is 1. The highest BCUT2D eigenvalue weighted by atomic mass is 32.2. The zero-order valence-corrected chi connectivity index (χ0v) is 11.4. The maximum Gasteiger partial charge on any atom is 0.223 e. The maximum absolute atomic E-state index is 12.0. The molecule has 0 unspecified atom stereocenters. The minimum Gasteiger partial charge on any atom is -0.354 e. The summed E-state index contributed by atoms with van der Waals surface area (Å²) in [6.07, 6.45) is 5.34. The fourth-order valence-corrected chi connectivity index (χ4v) is 2.38. The standard InChI is InChI=1S/C12H24N2OS/c1-12(2,16-3)8-14-11(15)10-6-4-5-9(10)7-13/h9-10H,4-8,13H2,1-3H3,(H,14,15)/t9-,10-/m1/s1. The van der Waals surface area contributed by atoms with Crippen LogP contribution < -0.4 is 11.1 Å².